The highest BCUT2D eigenvalue weighted by atomic mass is 19.1. The fraction of sp³-hybridized carbons (Fsp3) is 0.667. The summed E-state index contributed by atoms with van der Waals surface area (Å²) in [6.07, 6.45) is 3.85. The van der Waals surface area contributed by atoms with E-state index in [-0.39, 0.29) is 6.23 Å². The van der Waals surface area contributed by atoms with Gasteiger partial charge in [-0.15, -0.1) is 0 Å². The third-order valence-electron chi connectivity index (χ3n) is 2.02. The SMILES string of the molecule is N=C(CO)/C(F)=C\NC1CCCCO1. The third kappa shape index (κ3) is 3.43. The average molecular weight is 202 g/mol. The summed E-state index contributed by atoms with van der Waals surface area (Å²) in [5.41, 5.74) is -0.423. The molecular weight excluding hydrogens is 187 g/mol. The number of halogens is 1. The normalized spacial score (nSPS) is 23.3. The van der Waals surface area contributed by atoms with Gasteiger partial charge in [0, 0.05) is 12.8 Å². The maximum absolute atomic E-state index is 12.9. The maximum atomic E-state index is 12.9. The van der Waals surface area contributed by atoms with Crippen molar-refractivity contribution in [1.29, 1.82) is 5.41 Å². The fourth-order valence-electron chi connectivity index (χ4n) is 1.20. The Kier molecular flexibility index (Phi) is 4.55. The molecule has 4 nitrogen and oxygen atoms in total. The third-order valence-corrected chi connectivity index (χ3v) is 2.02. The van der Waals surface area contributed by atoms with Crippen LogP contribution in [0.4, 0.5) is 4.39 Å². The van der Waals surface area contributed by atoms with Crippen molar-refractivity contribution in [3.8, 4) is 0 Å². The van der Waals surface area contributed by atoms with Crippen LogP contribution < -0.4 is 5.32 Å². The largest absolute Gasteiger partial charge is 0.390 e. The number of hydrogen-bond acceptors (Lipinski definition) is 4. The van der Waals surface area contributed by atoms with Crippen molar-refractivity contribution in [3.63, 3.8) is 0 Å². The molecule has 1 saturated heterocycles. The van der Waals surface area contributed by atoms with Crippen LogP contribution in [0.3, 0.4) is 0 Å². The van der Waals surface area contributed by atoms with Gasteiger partial charge in [0.25, 0.3) is 0 Å². The topological polar surface area (TPSA) is 65.3 Å². The molecule has 0 aromatic heterocycles. The molecule has 1 aliphatic rings. The van der Waals surface area contributed by atoms with Crippen molar-refractivity contribution in [2.24, 2.45) is 0 Å². The van der Waals surface area contributed by atoms with Gasteiger partial charge in [-0.2, -0.15) is 0 Å². The van der Waals surface area contributed by atoms with Gasteiger partial charge in [0.05, 0.1) is 12.3 Å². The molecule has 1 fully saturated rings. The fourth-order valence-corrected chi connectivity index (χ4v) is 1.20. The van der Waals surface area contributed by atoms with Gasteiger partial charge in [0.2, 0.25) is 0 Å². The molecule has 5 heteroatoms. The van der Waals surface area contributed by atoms with E-state index in [2.05, 4.69) is 5.32 Å². The lowest BCUT2D eigenvalue weighted by molar-refractivity contribution is 0.00309. The lowest BCUT2D eigenvalue weighted by atomic mass is 10.2. The molecule has 1 aliphatic heterocycles. The molecule has 1 unspecified atom stereocenters. The zero-order valence-electron chi connectivity index (χ0n) is 7.92. The van der Waals surface area contributed by atoms with Crippen molar-refractivity contribution in [3.05, 3.63) is 12.0 Å². The van der Waals surface area contributed by atoms with E-state index >= 15 is 0 Å². The first-order chi connectivity index (χ1) is 6.74. The highest BCUT2D eigenvalue weighted by Gasteiger charge is 2.12. The molecule has 0 spiro atoms. The Balaban J connectivity index is 2.33. The zero-order valence-corrected chi connectivity index (χ0v) is 7.92. The van der Waals surface area contributed by atoms with Gasteiger partial charge in [-0.1, -0.05) is 0 Å². The first-order valence-corrected chi connectivity index (χ1v) is 4.66. The molecule has 0 aliphatic carbocycles. The van der Waals surface area contributed by atoms with Gasteiger partial charge < -0.3 is 15.2 Å². The highest BCUT2D eigenvalue weighted by molar-refractivity contribution is 5.96. The maximum Gasteiger partial charge on any atom is 0.161 e. The van der Waals surface area contributed by atoms with Crippen LogP contribution >= 0.6 is 0 Å². The molecule has 0 saturated carbocycles. The quantitative estimate of drug-likeness (QED) is 0.594. The molecular formula is C9H15FN2O2. The highest BCUT2D eigenvalue weighted by Crippen LogP contribution is 2.10. The Hall–Kier alpha value is -0.940. The smallest absolute Gasteiger partial charge is 0.161 e. The summed E-state index contributed by atoms with van der Waals surface area (Å²) < 4.78 is 18.2. The Bertz CT molecular complexity index is 225. The van der Waals surface area contributed by atoms with Crippen LogP contribution in [-0.2, 0) is 4.74 Å². The summed E-state index contributed by atoms with van der Waals surface area (Å²) in [5.74, 6) is -0.748. The lowest BCUT2D eigenvalue weighted by Crippen LogP contribution is -2.31. The summed E-state index contributed by atoms with van der Waals surface area (Å²) in [5, 5.41) is 18.2. The van der Waals surface area contributed by atoms with Gasteiger partial charge in [0.15, 0.2) is 5.83 Å². The van der Waals surface area contributed by atoms with E-state index in [9.17, 15) is 4.39 Å². The van der Waals surface area contributed by atoms with Crippen LogP contribution in [0.2, 0.25) is 0 Å². The first kappa shape index (κ1) is 11.1. The number of nitrogens with one attached hydrogen (secondary N) is 2. The summed E-state index contributed by atoms with van der Waals surface area (Å²) in [6, 6.07) is 0. The van der Waals surface area contributed by atoms with Crippen molar-refractivity contribution < 1.29 is 14.2 Å². The van der Waals surface area contributed by atoms with E-state index in [0.29, 0.717) is 6.61 Å². The molecule has 0 aromatic rings. The minimum atomic E-state index is -0.748. The summed E-state index contributed by atoms with van der Waals surface area (Å²) in [7, 11) is 0. The van der Waals surface area contributed by atoms with Crippen LogP contribution in [-0.4, -0.2) is 30.3 Å². The van der Waals surface area contributed by atoms with Crippen molar-refractivity contribution in [2.45, 2.75) is 25.5 Å². The average Bonchev–Trinajstić information content (AvgIpc) is 2.26. The first-order valence-electron chi connectivity index (χ1n) is 4.66. The minimum Gasteiger partial charge on any atom is -0.390 e. The van der Waals surface area contributed by atoms with Crippen molar-refractivity contribution in [2.75, 3.05) is 13.2 Å². The van der Waals surface area contributed by atoms with E-state index in [1.54, 1.807) is 0 Å². The number of aliphatic hydroxyl groups is 1. The standard InChI is InChI=1S/C9H15FN2O2/c10-7(8(11)6-13)5-12-9-3-1-2-4-14-9/h5,9,11-13H,1-4,6H2/b7-5+,11-8?. The molecule has 0 radical (unpaired) electrons. The van der Waals surface area contributed by atoms with Crippen molar-refractivity contribution in [1.82, 2.24) is 5.32 Å². The molecule has 1 atom stereocenters. The number of ether oxygens (including phenoxy) is 1. The summed E-state index contributed by atoms with van der Waals surface area (Å²) >= 11 is 0. The van der Waals surface area contributed by atoms with Gasteiger partial charge >= 0.3 is 0 Å². The predicted molar refractivity (Wildman–Crippen MR) is 50.7 cm³/mol. The molecule has 0 aromatic carbocycles. The van der Waals surface area contributed by atoms with Crippen LogP contribution in [0.1, 0.15) is 19.3 Å². The molecule has 3 N–H and O–H groups in total. The van der Waals surface area contributed by atoms with E-state index in [1.807, 2.05) is 0 Å². The number of hydrogen-bond donors (Lipinski definition) is 3. The van der Waals surface area contributed by atoms with Gasteiger partial charge in [-0.25, -0.2) is 4.39 Å². The second-order valence-corrected chi connectivity index (χ2v) is 3.15. The summed E-state index contributed by atoms with van der Waals surface area (Å²) in [6.45, 7) is 0.0973. The minimum absolute atomic E-state index is 0.166. The van der Waals surface area contributed by atoms with Gasteiger partial charge in [-0.3, -0.25) is 5.41 Å². The van der Waals surface area contributed by atoms with Crippen LogP contribution in [0.5, 0.6) is 0 Å². The van der Waals surface area contributed by atoms with E-state index < -0.39 is 18.1 Å². The molecule has 80 valence electrons. The Morgan fingerprint density at radius 2 is 2.43 bits per heavy atom. The monoisotopic (exact) mass is 202 g/mol. The van der Waals surface area contributed by atoms with Crippen LogP contribution in [0.25, 0.3) is 0 Å². The summed E-state index contributed by atoms with van der Waals surface area (Å²) in [4.78, 5) is 0. The van der Waals surface area contributed by atoms with Gasteiger partial charge in [-0.05, 0) is 19.3 Å². The second kappa shape index (κ2) is 5.72. The Morgan fingerprint density at radius 3 is 3.00 bits per heavy atom. The predicted octanol–water partition coefficient (Wildman–Crippen LogP) is 0.926. The Labute approximate surface area is 82.3 Å². The lowest BCUT2D eigenvalue weighted by Gasteiger charge is -2.22. The van der Waals surface area contributed by atoms with E-state index in [4.69, 9.17) is 15.3 Å². The molecule has 1 rings (SSSR count). The molecule has 0 amide bonds. The molecule has 0 bridgehead atoms. The zero-order chi connectivity index (χ0) is 10.4. The number of rotatable bonds is 4. The van der Waals surface area contributed by atoms with E-state index in [1.165, 1.54) is 0 Å². The van der Waals surface area contributed by atoms with Crippen LogP contribution in [0.15, 0.2) is 12.0 Å². The molecule has 14 heavy (non-hydrogen) atoms. The van der Waals surface area contributed by atoms with Crippen LogP contribution in [0, 0.1) is 5.41 Å². The Morgan fingerprint density at radius 1 is 1.64 bits per heavy atom. The van der Waals surface area contributed by atoms with E-state index in [0.717, 1.165) is 25.5 Å². The van der Waals surface area contributed by atoms with Crippen molar-refractivity contribution >= 4 is 5.71 Å². The van der Waals surface area contributed by atoms with Gasteiger partial charge in [0.1, 0.15) is 6.23 Å². The second-order valence-electron chi connectivity index (χ2n) is 3.15. The number of aliphatic hydroxyl groups excluding tert-OH is 1. The molecule has 1 heterocycles.